The predicted molar refractivity (Wildman–Crippen MR) is 105 cm³/mol. The molecule has 3 rings (SSSR count). The molecule has 1 aromatic heterocycles. The predicted octanol–water partition coefficient (Wildman–Crippen LogP) is 3.42. The van der Waals surface area contributed by atoms with Crippen molar-refractivity contribution in [1.29, 1.82) is 0 Å². The maximum absolute atomic E-state index is 11.9. The molecule has 0 aliphatic heterocycles. The summed E-state index contributed by atoms with van der Waals surface area (Å²) in [5.41, 5.74) is 1.90. The Morgan fingerprint density at radius 3 is 2.41 bits per heavy atom. The van der Waals surface area contributed by atoms with Crippen LogP contribution < -0.4 is 10.1 Å². The van der Waals surface area contributed by atoms with Gasteiger partial charge in [0.05, 0.1) is 0 Å². The first-order valence-electron chi connectivity index (χ1n) is 9.08. The van der Waals surface area contributed by atoms with Crippen molar-refractivity contribution < 1.29 is 23.5 Å². The number of carbonyl (C=O) groups is 2. The Labute approximate surface area is 167 Å². The van der Waals surface area contributed by atoms with Crippen molar-refractivity contribution in [3.8, 4) is 17.2 Å². The van der Waals surface area contributed by atoms with Gasteiger partial charge < -0.3 is 13.9 Å². The van der Waals surface area contributed by atoms with Crippen molar-refractivity contribution in [2.75, 3.05) is 18.5 Å². The molecule has 0 fully saturated rings. The first-order chi connectivity index (χ1) is 14.0. The number of hydrogen-bond acceptors (Lipinski definition) is 7. The molecule has 3 aromatic rings. The summed E-state index contributed by atoms with van der Waals surface area (Å²) in [6.45, 7) is 3.40. The molecular formula is C21H21N3O5. The maximum Gasteiger partial charge on any atom is 0.344 e. The Bertz CT molecular complexity index is 952. The van der Waals surface area contributed by atoms with E-state index in [2.05, 4.69) is 29.4 Å². The van der Waals surface area contributed by atoms with E-state index in [0.717, 1.165) is 5.56 Å². The zero-order valence-corrected chi connectivity index (χ0v) is 16.1. The second-order valence-corrected chi connectivity index (χ2v) is 6.50. The molecule has 1 amide bonds. The highest BCUT2D eigenvalue weighted by atomic mass is 16.6. The van der Waals surface area contributed by atoms with Crippen molar-refractivity contribution in [2.24, 2.45) is 0 Å². The van der Waals surface area contributed by atoms with E-state index in [1.54, 1.807) is 24.3 Å². The van der Waals surface area contributed by atoms with Gasteiger partial charge in [-0.15, -0.1) is 5.10 Å². The third kappa shape index (κ3) is 5.90. The highest BCUT2D eigenvalue weighted by Gasteiger charge is 2.13. The van der Waals surface area contributed by atoms with Gasteiger partial charge in [-0.05, 0) is 35.7 Å². The van der Waals surface area contributed by atoms with Crippen LogP contribution in [-0.4, -0.2) is 35.3 Å². The summed E-state index contributed by atoms with van der Waals surface area (Å²) in [6, 6.07) is 16.5. The van der Waals surface area contributed by atoms with E-state index in [1.807, 2.05) is 30.3 Å². The van der Waals surface area contributed by atoms with E-state index in [4.69, 9.17) is 13.9 Å². The number of rotatable bonds is 8. The maximum atomic E-state index is 11.9. The van der Waals surface area contributed by atoms with Gasteiger partial charge in [0.15, 0.2) is 13.2 Å². The van der Waals surface area contributed by atoms with Crippen LogP contribution in [0.3, 0.4) is 0 Å². The zero-order valence-electron chi connectivity index (χ0n) is 16.1. The van der Waals surface area contributed by atoms with E-state index in [-0.39, 0.29) is 18.5 Å². The minimum absolute atomic E-state index is 0.0774. The van der Waals surface area contributed by atoms with Crippen LogP contribution in [0.15, 0.2) is 59.0 Å². The van der Waals surface area contributed by atoms with Crippen LogP contribution in [0.1, 0.15) is 25.3 Å². The largest absolute Gasteiger partial charge is 0.482 e. The number of nitrogens with one attached hydrogen (secondary N) is 1. The van der Waals surface area contributed by atoms with Crippen LogP contribution in [0.2, 0.25) is 0 Å². The normalized spacial score (nSPS) is 10.6. The average Bonchev–Trinajstić information content (AvgIpc) is 3.20. The van der Waals surface area contributed by atoms with Gasteiger partial charge in [0.25, 0.3) is 5.91 Å². The van der Waals surface area contributed by atoms with Gasteiger partial charge in [0.2, 0.25) is 5.89 Å². The monoisotopic (exact) mass is 395 g/mol. The van der Waals surface area contributed by atoms with Crippen molar-refractivity contribution in [2.45, 2.75) is 19.8 Å². The summed E-state index contributed by atoms with van der Waals surface area (Å²) in [5, 5.41) is 9.98. The number of amides is 1. The molecule has 0 saturated carbocycles. The molecule has 29 heavy (non-hydrogen) atoms. The van der Waals surface area contributed by atoms with Crippen LogP contribution in [-0.2, 0) is 14.3 Å². The fourth-order valence-corrected chi connectivity index (χ4v) is 2.41. The van der Waals surface area contributed by atoms with E-state index < -0.39 is 18.5 Å². The van der Waals surface area contributed by atoms with Gasteiger partial charge in [-0.25, -0.2) is 4.79 Å². The molecule has 150 valence electrons. The number of carbonyl (C=O) groups excluding carboxylic acids is 2. The quantitative estimate of drug-likeness (QED) is 0.583. The van der Waals surface area contributed by atoms with Crippen molar-refractivity contribution in [3.63, 3.8) is 0 Å². The summed E-state index contributed by atoms with van der Waals surface area (Å²) in [5.74, 6) is -0.0217. The number of anilines is 1. The van der Waals surface area contributed by atoms with Crippen LogP contribution in [0.5, 0.6) is 5.75 Å². The van der Waals surface area contributed by atoms with Crippen LogP contribution >= 0.6 is 0 Å². The second kappa shape index (κ2) is 9.50. The average molecular weight is 395 g/mol. The Morgan fingerprint density at radius 2 is 1.72 bits per heavy atom. The summed E-state index contributed by atoms with van der Waals surface area (Å²) in [7, 11) is 0. The molecule has 1 heterocycles. The lowest BCUT2D eigenvalue weighted by Gasteiger charge is -2.09. The molecule has 0 spiro atoms. The van der Waals surface area contributed by atoms with Crippen LogP contribution in [0.4, 0.5) is 6.01 Å². The summed E-state index contributed by atoms with van der Waals surface area (Å²) in [6.07, 6.45) is 0. The van der Waals surface area contributed by atoms with Gasteiger partial charge in [0.1, 0.15) is 5.75 Å². The number of aromatic nitrogens is 2. The highest BCUT2D eigenvalue weighted by Crippen LogP contribution is 2.19. The number of hydrogen-bond donors (Lipinski definition) is 1. The van der Waals surface area contributed by atoms with Gasteiger partial charge >= 0.3 is 12.0 Å². The molecule has 0 unspecified atom stereocenters. The van der Waals surface area contributed by atoms with Crippen molar-refractivity contribution in [1.82, 2.24) is 10.2 Å². The SMILES string of the molecule is CC(C)c1ccc(OCC(=O)OCC(=O)Nc2nnc(-c3ccccc3)o2)cc1. The first kappa shape index (κ1) is 20.1. The number of esters is 1. The lowest BCUT2D eigenvalue weighted by molar-refractivity contribution is -0.149. The molecule has 0 aliphatic rings. The molecular weight excluding hydrogens is 374 g/mol. The molecule has 0 bridgehead atoms. The standard InChI is InChI=1S/C21H21N3O5/c1-14(2)15-8-10-17(11-9-15)27-13-19(26)28-12-18(25)22-21-24-23-20(29-21)16-6-4-3-5-7-16/h3-11,14H,12-13H2,1-2H3,(H,22,24,25). The molecule has 2 aromatic carbocycles. The van der Waals surface area contributed by atoms with Gasteiger partial charge in [-0.3, -0.25) is 10.1 Å². The lowest BCUT2D eigenvalue weighted by Crippen LogP contribution is -2.23. The molecule has 0 aliphatic carbocycles. The summed E-state index contributed by atoms with van der Waals surface area (Å²) in [4.78, 5) is 23.6. The molecule has 0 saturated heterocycles. The fraction of sp³-hybridized carbons (Fsp3) is 0.238. The Balaban J connectivity index is 1.41. The number of nitrogens with zero attached hydrogens (tertiary/aromatic N) is 2. The van der Waals surface area contributed by atoms with E-state index >= 15 is 0 Å². The fourth-order valence-electron chi connectivity index (χ4n) is 2.41. The molecule has 8 heteroatoms. The third-order valence-corrected chi connectivity index (χ3v) is 3.96. The first-order valence-corrected chi connectivity index (χ1v) is 9.08. The van der Waals surface area contributed by atoms with E-state index in [0.29, 0.717) is 11.7 Å². The minimum Gasteiger partial charge on any atom is -0.482 e. The minimum atomic E-state index is -0.663. The molecule has 0 atom stereocenters. The Morgan fingerprint density at radius 1 is 1.00 bits per heavy atom. The van der Waals surface area contributed by atoms with Crippen molar-refractivity contribution >= 4 is 17.9 Å². The van der Waals surface area contributed by atoms with Crippen LogP contribution in [0.25, 0.3) is 11.5 Å². The summed E-state index contributed by atoms with van der Waals surface area (Å²) < 4.78 is 15.6. The zero-order chi connectivity index (χ0) is 20.6. The Hall–Kier alpha value is -3.68. The van der Waals surface area contributed by atoms with Gasteiger partial charge in [0, 0.05) is 5.56 Å². The Kier molecular flexibility index (Phi) is 6.57. The molecule has 8 nitrogen and oxygen atoms in total. The smallest absolute Gasteiger partial charge is 0.344 e. The third-order valence-electron chi connectivity index (χ3n) is 3.96. The van der Waals surface area contributed by atoms with Gasteiger partial charge in [-0.1, -0.05) is 49.3 Å². The van der Waals surface area contributed by atoms with E-state index in [9.17, 15) is 9.59 Å². The number of benzene rings is 2. The van der Waals surface area contributed by atoms with Crippen molar-refractivity contribution in [3.05, 3.63) is 60.2 Å². The number of ether oxygens (including phenoxy) is 2. The molecule has 1 N–H and O–H groups in total. The van der Waals surface area contributed by atoms with E-state index in [1.165, 1.54) is 5.56 Å². The topological polar surface area (TPSA) is 104 Å². The highest BCUT2D eigenvalue weighted by molar-refractivity contribution is 5.91. The summed E-state index contributed by atoms with van der Waals surface area (Å²) >= 11 is 0. The van der Waals surface area contributed by atoms with Crippen LogP contribution in [0, 0.1) is 0 Å². The lowest BCUT2D eigenvalue weighted by atomic mass is 10.0. The molecule has 0 radical (unpaired) electrons. The second-order valence-electron chi connectivity index (χ2n) is 6.50. The van der Waals surface area contributed by atoms with Gasteiger partial charge in [-0.2, -0.15) is 0 Å².